The summed E-state index contributed by atoms with van der Waals surface area (Å²) in [6, 6.07) is 5.04. The van der Waals surface area contributed by atoms with E-state index in [1.807, 2.05) is 11.3 Å². The third-order valence-electron chi connectivity index (χ3n) is 3.09. The van der Waals surface area contributed by atoms with E-state index < -0.39 is 0 Å². The monoisotopic (exact) mass is 294 g/mol. The van der Waals surface area contributed by atoms with Gasteiger partial charge in [0.1, 0.15) is 0 Å². The second-order valence-electron chi connectivity index (χ2n) is 4.77. The molecular formula is C15H22N2S2. The molecule has 1 unspecified atom stereocenters. The molecule has 4 heteroatoms. The van der Waals surface area contributed by atoms with Crippen LogP contribution in [-0.2, 0) is 19.3 Å². The van der Waals surface area contributed by atoms with E-state index in [1.165, 1.54) is 14.8 Å². The van der Waals surface area contributed by atoms with Gasteiger partial charge in [-0.1, -0.05) is 13.8 Å². The van der Waals surface area contributed by atoms with Gasteiger partial charge in [0.25, 0.3) is 0 Å². The zero-order valence-electron chi connectivity index (χ0n) is 11.9. The molecule has 1 atom stereocenters. The van der Waals surface area contributed by atoms with Gasteiger partial charge in [-0.05, 0) is 38.4 Å². The smallest absolute Gasteiger partial charge is 0.0943 e. The van der Waals surface area contributed by atoms with Gasteiger partial charge in [0, 0.05) is 33.3 Å². The minimum Gasteiger partial charge on any atom is -0.313 e. The van der Waals surface area contributed by atoms with Gasteiger partial charge in [0.15, 0.2) is 0 Å². The Labute approximate surface area is 123 Å². The number of rotatable bonds is 7. The summed E-state index contributed by atoms with van der Waals surface area (Å²) < 4.78 is 0. The molecule has 0 amide bonds. The van der Waals surface area contributed by atoms with Crippen molar-refractivity contribution >= 4 is 22.7 Å². The van der Waals surface area contributed by atoms with E-state index >= 15 is 0 Å². The van der Waals surface area contributed by atoms with E-state index in [2.05, 4.69) is 48.6 Å². The number of likely N-dealkylation sites (N-methyl/N-ethyl adjacent to an activating group) is 1. The summed E-state index contributed by atoms with van der Waals surface area (Å²) in [7, 11) is 0. The Balaban J connectivity index is 1.99. The number of aryl methyl sites for hydroxylation is 2. The average Bonchev–Trinajstić information content (AvgIpc) is 2.99. The molecule has 0 fully saturated rings. The highest BCUT2D eigenvalue weighted by atomic mass is 32.1. The average molecular weight is 294 g/mol. The fourth-order valence-corrected chi connectivity index (χ4v) is 4.07. The predicted molar refractivity (Wildman–Crippen MR) is 85.4 cm³/mol. The molecular weight excluding hydrogens is 272 g/mol. The highest BCUT2D eigenvalue weighted by Crippen LogP contribution is 2.20. The first-order valence-electron chi connectivity index (χ1n) is 6.93. The molecule has 2 heterocycles. The van der Waals surface area contributed by atoms with Crippen molar-refractivity contribution in [1.29, 1.82) is 0 Å². The molecule has 0 saturated heterocycles. The van der Waals surface area contributed by atoms with Crippen LogP contribution in [-0.4, -0.2) is 17.6 Å². The van der Waals surface area contributed by atoms with Gasteiger partial charge in [-0.3, -0.25) is 0 Å². The maximum Gasteiger partial charge on any atom is 0.0943 e. The summed E-state index contributed by atoms with van der Waals surface area (Å²) in [6.07, 6.45) is 3.28. The minimum atomic E-state index is 0.499. The van der Waals surface area contributed by atoms with Crippen LogP contribution in [0.1, 0.15) is 34.3 Å². The lowest BCUT2D eigenvalue weighted by Gasteiger charge is -2.15. The molecule has 0 aliphatic heterocycles. The van der Waals surface area contributed by atoms with Crippen LogP contribution < -0.4 is 5.32 Å². The number of thiophene rings is 1. The van der Waals surface area contributed by atoms with E-state index in [-0.39, 0.29) is 0 Å². The maximum absolute atomic E-state index is 4.58. The van der Waals surface area contributed by atoms with Crippen LogP contribution in [0.5, 0.6) is 0 Å². The van der Waals surface area contributed by atoms with Gasteiger partial charge < -0.3 is 5.32 Å². The first kappa shape index (κ1) is 14.7. The lowest BCUT2D eigenvalue weighted by atomic mass is 10.1. The van der Waals surface area contributed by atoms with Gasteiger partial charge in [-0.25, -0.2) is 4.98 Å². The predicted octanol–water partition coefficient (Wildman–Crippen LogP) is 3.84. The van der Waals surface area contributed by atoms with E-state index in [0.717, 1.165) is 31.5 Å². The molecule has 0 radical (unpaired) electrons. The van der Waals surface area contributed by atoms with Crippen molar-refractivity contribution in [1.82, 2.24) is 10.3 Å². The maximum atomic E-state index is 4.58. The van der Waals surface area contributed by atoms with E-state index in [9.17, 15) is 0 Å². The van der Waals surface area contributed by atoms with Crippen LogP contribution in [0.2, 0.25) is 0 Å². The van der Waals surface area contributed by atoms with Crippen molar-refractivity contribution in [2.75, 3.05) is 6.54 Å². The minimum absolute atomic E-state index is 0.499. The Kier molecular flexibility index (Phi) is 5.55. The fraction of sp³-hybridized carbons (Fsp3) is 0.533. The topological polar surface area (TPSA) is 24.9 Å². The quantitative estimate of drug-likeness (QED) is 0.839. The molecule has 0 aliphatic rings. The summed E-state index contributed by atoms with van der Waals surface area (Å²) in [5.74, 6) is 0. The van der Waals surface area contributed by atoms with Crippen molar-refractivity contribution in [2.24, 2.45) is 0 Å². The van der Waals surface area contributed by atoms with Gasteiger partial charge in [-0.2, -0.15) is 0 Å². The van der Waals surface area contributed by atoms with Crippen LogP contribution in [0, 0.1) is 6.92 Å². The van der Waals surface area contributed by atoms with Gasteiger partial charge in [0.05, 0.1) is 5.01 Å². The molecule has 2 rings (SSSR count). The second kappa shape index (κ2) is 7.17. The Morgan fingerprint density at radius 2 is 2.00 bits per heavy atom. The van der Waals surface area contributed by atoms with Crippen molar-refractivity contribution in [3.63, 3.8) is 0 Å². The van der Waals surface area contributed by atoms with E-state index in [4.69, 9.17) is 0 Å². The Morgan fingerprint density at radius 1 is 1.21 bits per heavy atom. The van der Waals surface area contributed by atoms with Crippen molar-refractivity contribution < 1.29 is 0 Å². The van der Waals surface area contributed by atoms with Gasteiger partial charge in [-0.15, -0.1) is 22.7 Å². The fourth-order valence-electron chi connectivity index (χ4n) is 2.18. The Bertz CT molecular complexity index is 502. The molecule has 1 N–H and O–H groups in total. The molecule has 2 aromatic heterocycles. The molecule has 2 aromatic rings. The molecule has 2 nitrogen and oxygen atoms in total. The molecule has 104 valence electrons. The summed E-state index contributed by atoms with van der Waals surface area (Å²) in [6.45, 7) is 7.47. The molecule has 0 aromatic carbocycles. The molecule has 0 bridgehead atoms. The number of nitrogens with zero attached hydrogens (tertiary/aromatic N) is 1. The molecule has 0 spiro atoms. The first-order valence-corrected chi connectivity index (χ1v) is 8.62. The van der Waals surface area contributed by atoms with Crippen LogP contribution in [0.15, 0.2) is 17.5 Å². The number of thiazole rings is 1. The lowest BCUT2D eigenvalue weighted by Crippen LogP contribution is -2.32. The third kappa shape index (κ3) is 4.41. The van der Waals surface area contributed by atoms with Crippen molar-refractivity contribution in [2.45, 2.75) is 46.1 Å². The second-order valence-corrected chi connectivity index (χ2v) is 6.96. The summed E-state index contributed by atoms with van der Waals surface area (Å²) in [5, 5.41) is 6.97. The highest BCUT2D eigenvalue weighted by molar-refractivity contribution is 7.12. The number of hydrogen-bond donors (Lipinski definition) is 1. The van der Waals surface area contributed by atoms with Gasteiger partial charge in [0.2, 0.25) is 0 Å². The van der Waals surface area contributed by atoms with Gasteiger partial charge >= 0.3 is 0 Å². The normalized spacial score (nSPS) is 12.8. The molecule has 0 saturated carbocycles. The number of hydrogen-bond acceptors (Lipinski definition) is 4. The van der Waals surface area contributed by atoms with Crippen LogP contribution >= 0.6 is 22.7 Å². The molecule has 0 aliphatic carbocycles. The van der Waals surface area contributed by atoms with Crippen molar-refractivity contribution in [3.8, 4) is 0 Å². The Morgan fingerprint density at radius 3 is 2.58 bits per heavy atom. The zero-order valence-corrected chi connectivity index (χ0v) is 13.5. The van der Waals surface area contributed by atoms with Crippen molar-refractivity contribution in [3.05, 3.63) is 38.0 Å². The number of aromatic nitrogens is 1. The third-order valence-corrected chi connectivity index (χ3v) is 5.33. The van der Waals surface area contributed by atoms with Crippen LogP contribution in [0.4, 0.5) is 0 Å². The standard InChI is InChI=1S/C15H22N2S2/c1-4-13-6-7-14(19-13)8-12(16-5-2)9-15-17-11(3)10-18-15/h6-7,10,12,16H,4-5,8-9H2,1-3H3. The van der Waals surface area contributed by atoms with Crippen LogP contribution in [0.3, 0.4) is 0 Å². The lowest BCUT2D eigenvalue weighted by molar-refractivity contribution is 0.523. The van der Waals surface area contributed by atoms with E-state index in [1.54, 1.807) is 11.3 Å². The zero-order chi connectivity index (χ0) is 13.7. The summed E-state index contributed by atoms with van der Waals surface area (Å²) in [4.78, 5) is 7.54. The summed E-state index contributed by atoms with van der Waals surface area (Å²) >= 11 is 3.72. The Hall–Kier alpha value is -0.710. The SMILES string of the molecule is CCNC(Cc1ccc(CC)s1)Cc1nc(C)cs1. The first-order chi connectivity index (χ1) is 9.21. The summed E-state index contributed by atoms with van der Waals surface area (Å²) in [5.41, 5.74) is 1.14. The molecule has 19 heavy (non-hydrogen) atoms. The largest absolute Gasteiger partial charge is 0.313 e. The van der Waals surface area contributed by atoms with Crippen LogP contribution in [0.25, 0.3) is 0 Å². The highest BCUT2D eigenvalue weighted by Gasteiger charge is 2.13. The van der Waals surface area contributed by atoms with E-state index in [0.29, 0.717) is 6.04 Å². The number of nitrogens with one attached hydrogen (secondary N) is 1.